The van der Waals surface area contributed by atoms with Gasteiger partial charge < -0.3 is 11.5 Å². The average Bonchev–Trinajstić information content (AvgIpc) is 2.42. The van der Waals surface area contributed by atoms with Crippen LogP contribution in [0.1, 0.15) is 29.3 Å². The van der Waals surface area contributed by atoms with Gasteiger partial charge in [0.05, 0.1) is 10.9 Å². The number of aromatic nitrogens is 3. The zero-order valence-electron chi connectivity index (χ0n) is 12.1. The lowest BCUT2D eigenvalue weighted by Gasteiger charge is -2.14. The number of aryl methyl sites for hydroxylation is 2. The van der Waals surface area contributed by atoms with E-state index in [1.165, 1.54) is 18.7 Å². The number of amides is 1. The second-order valence-electron chi connectivity index (χ2n) is 4.87. The Labute approximate surface area is 120 Å². The lowest BCUT2D eigenvalue weighted by Crippen LogP contribution is -2.38. The summed E-state index contributed by atoms with van der Waals surface area (Å²) in [6.45, 7) is 1.90. The number of nitrogens with two attached hydrogens (primary N) is 2. The Morgan fingerprint density at radius 2 is 1.86 bits per heavy atom. The molecule has 0 aromatic carbocycles. The molecule has 1 amide bonds. The van der Waals surface area contributed by atoms with E-state index in [1.807, 2.05) is 6.92 Å². The van der Waals surface area contributed by atoms with Crippen molar-refractivity contribution in [1.82, 2.24) is 14.1 Å². The number of nitrogen functional groups attached to an aromatic ring is 1. The molecule has 112 valence electrons. The van der Waals surface area contributed by atoms with Crippen LogP contribution in [0.3, 0.4) is 0 Å². The standard InChI is InChI=1S/C13H17N5O3/c1-4-5-6-7(10(15)19)9(14)16-11-8(6)12(20)18(3)13(21)17(11)2/h4-5H2,1-3H3,(H2,14,16)(H2,15,19). The summed E-state index contributed by atoms with van der Waals surface area (Å²) in [5.41, 5.74) is 10.8. The Bertz CT molecular complexity index is 863. The van der Waals surface area contributed by atoms with Crippen molar-refractivity contribution >= 4 is 22.8 Å². The Hall–Kier alpha value is -2.64. The third-order valence-corrected chi connectivity index (χ3v) is 3.47. The second kappa shape index (κ2) is 5.04. The molecule has 0 bridgehead atoms. The molecule has 0 saturated heterocycles. The van der Waals surface area contributed by atoms with Gasteiger partial charge in [0.1, 0.15) is 5.82 Å². The van der Waals surface area contributed by atoms with Gasteiger partial charge in [-0.1, -0.05) is 13.3 Å². The summed E-state index contributed by atoms with van der Waals surface area (Å²) in [5.74, 6) is -0.803. The minimum atomic E-state index is -0.735. The van der Waals surface area contributed by atoms with Crippen LogP contribution < -0.4 is 22.7 Å². The summed E-state index contributed by atoms with van der Waals surface area (Å²) in [7, 11) is 2.87. The van der Waals surface area contributed by atoms with Gasteiger partial charge in [0.2, 0.25) is 0 Å². The fourth-order valence-corrected chi connectivity index (χ4v) is 2.45. The van der Waals surface area contributed by atoms with Gasteiger partial charge in [-0.2, -0.15) is 0 Å². The highest BCUT2D eigenvalue weighted by Gasteiger charge is 2.22. The molecule has 2 heterocycles. The van der Waals surface area contributed by atoms with Crippen molar-refractivity contribution in [2.75, 3.05) is 5.73 Å². The van der Waals surface area contributed by atoms with Crippen LogP contribution in [0.2, 0.25) is 0 Å². The van der Waals surface area contributed by atoms with Crippen LogP contribution in [0.5, 0.6) is 0 Å². The number of nitrogens with zero attached hydrogens (tertiary/aromatic N) is 3. The molecule has 0 fully saturated rings. The molecule has 2 rings (SSSR count). The summed E-state index contributed by atoms with van der Waals surface area (Å²) in [6.07, 6.45) is 1.12. The van der Waals surface area contributed by atoms with Crippen molar-refractivity contribution in [3.05, 3.63) is 32.0 Å². The van der Waals surface area contributed by atoms with Gasteiger partial charge in [-0.25, -0.2) is 9.78 Å². The maximum Gasteiger partial charge on any atom is 0.332 e. The highest BCUT2D eigenvalue weighted by Crippen LogP contribution is 2.23. The largest absolute Gasteiger partial charge is 0.383 e. The van der Waals surface area contributed by atoms with Crippen molar-refractivity contribution in [3.8, 4) is 0 Å². The van der Waals surface area contributed by atoms with Gasteiger partial charge in [-0.3, -0.25) is 18.7 Å². The molecule has 0 spiro atoms. The molecule has 0 unspecified atom stereocenters. The minimum Gasteiger partial charge on any atom is -0.383 e. The van der Waals surface area contributed by atoms with E-state index in [0.717, 1.165) is 4.57 Å². The van der Waals surface area contributed by atoms with E-state index in [-0.39, 0.29) is 22.4 Å². The minimum absolute atomic E-state index is 0.0556. The first-order valence-corrected chi connectivity index (χ1v) is 6.49. The molecule has 0 aliphatic rings. The molecule has 2 aromatic heterocycles. The molecule has 0 radical (unpaired) electrons. The highest BCUT2D eigenvalue weighted by atomic mass is 16.2. The number of primary amides is 1. The predicted octanol–water partition coefficient (Wildman–Crippen LogP) is -0.734. The number of pyridine rings is 1. The first-order chi connectivity index (χ1) is 9.81. The maximum atomic E-state index is 12.4. The first-order valence-electron chi connectivity index (χ1n) is 6.49. The average molecular weight is 291 g/mol. The third kappa shape index (κ3) is 2.08. The van der Waals surface area contributed by atoms with E-state index < -0.39 is 17.2 Å². The van der Waals surface area contributed by atoms with E-state index in [0.29, 0.717) is 18.4 Å². The molecular formula is C13H17N5O3. The second-order valence-corrected chi connectivity index (χ2v) is 4.87. The fourth-order valence-electron chi connectivity index (χ4n) is 2.45. The van der Waals surface area contributed by atoms with Gasteiger partial charge in [0, 0.05) is 14.1 Å². The maximum absolute atomic E-state index is 12.4. The molecular weight excluding hydrogens is 274 g/mol. The van der Waals surface area contributed by atoms with Crippen LogP contribution in [0.4, 0.5) is 5.82 Å². The van der Waals surface area contributed by atoms with E-state index in [9.17, 15) is 14.4 Å². The van der Waals surface area contributed by atoms with Crippen molar-refractivity contribution in [3.63, 3.8) is 0 Å². The van der Waals surface area contributed by atoms with Crippen molar-refractivity contribution < 1.29 is 4.79 Å². The van der Waals surface area contributed by atoms with Gasteiger partial charge >= 0.3 is 5.69 Å². The topological polar surface area (TPSA) is 126 Å². The number of rotatable bonds is 3. The van der Waals surface area contributed by atoms with E-state index >= 15 is 0 Å². The lowest BCUT2D eigenvalue weighted by atomic mass is 10.00. The zero-order chi connectivity index (χ0) is 15.9. The molecule has 8 heteroatoms. The Morgan fingerprint density at radius 3 is 2.38 bits per heavy atom. The lowest BCUT2D eigenvalue weighted by molar-refractivity contribution is 0.1000. The van der Waals surface area contributed by atoms with Crippen LogP contribution >= 0.6 is 0 Å². The summed E-state index contributed by atoms with van der Waals surface area (Å²) in [5, 5.41) is 0.212. The fraction of sp³-hybridized carbons (Fsp3) is 0.385. The molecule has 2 aromatic rings. The number of carbonyl (C=O) groups is 1. The van der Waals surface area contributed by atoms with Crippen LogP contribution in [-0.2, 0) is 20.5 Å². The van der Waals surface area contributed by atoms with Gasteiger partial charge in [0.15, 0.2) is 5.65 Å². The van der Waals surface area contributed by atoms with E-state index in [4.69, 9.17) is 11.5 Å². The summed E-state index contributed by atoms with van der Waals surface area (Å²) < 4.78 is 2.21. The van der Waals surface area contributed by atoms with Gasteiger partial charge in [-0.05, 0) is 12.0 Å². The first kappa shape index (κ1) is 14.8. The normalized spacial score (nSPS) is 11.0. The number of hydrogen-bond donors (Lipinski definition) is 2. The Balaban J connectivity index is 3.17. The van der Waals surface area contributed by atoms with Crippen molar-refractivity contribution in [1.29, 1.82) is 0 Å². The van der Waals surface area contributed by atoms with E-state index in [1.54, 1.807) is 0 Å². The molecule has 0 saturated carbocycles. The predicted molar refractivity (Wildman–Crippen MR) is 79.2 cm³/mol. The molecule has 0 aliphatic carbocycles. The summed E-state index contributed by atoms with van der Waals surface area (Å²) in [4.78, 5) is 40.0. The monoisotopic (exact) mass is 291 g/mol. The van der Waals surface area contributed by atoms with Crippen molar-refractivity contribution in [2.45, 2.75) is 19.8 Å². The number of anilines is 1. The molecule has 8 nitrogen and oxygen atoms in total. The molecule has 0 atom stereocenters. The van der Waals surface area contributed by atoms with E-state index in [2.05, 4.69) is 4.98 Å². The smallest absolute Gasteiger partial charge is 0.332 e. The van der Waals surface area contributed by atoms with Crippen LogP contribution in [0.15, 0.2) is 9.59 Å². The van der Waals surface area contributed by atoms with Gasteiger partial charge in [0.25, 0.3) is 11.5 Å². The highest BCUT2D eigenvalue weighted by molar-refractivity contribution is 6.03. The zero-order valence-corrected chi connectivity index (χ0v) is 12.1. The Kier molecular flexibility index (Phi) is 3.54. The SMILES string of the molecule is CCCc1c(C(N)=O)c(N)nc2c1c(=O)n(C)c(=O)n2C. The van der Waals surface area contributed by atoms with Crippen LogP contribution in [0, 0.1) is 0 Å². The Morgan fingerprint density at radius 1 is 1.24 bits per heavy atom. The third-order valence-electron chi connectivity index (χ3n) is 3.47. The van der Waals surface area contributed by atoms with Crippen LogP contribution in [-0.4, -0.2) is 20.0 Å². The van der Waals surface area contributed by atoms with Crippen LogP contribution in [0.25, 0.3) is 11.0 Å². The summed E-state index contributed by atoms with van der Waals surface area (Å²) in [6, 6.07) is 0. The molecule has 4 N–H and O–H groups in total. The van der Waals surface area contributed by atoms with Crippen molar-refractivity contribution in [2.24, 2.45) is 19.8 Å². The van der Waals surface area contributed by atoms with Gasteiger partial charge in [-0.15, -0.1) is 0 Å². The molecule has 0 aliphatic heterocycles. The number of hydrogen-bond acceptors (Lipinski definition) is 5. The number of fused-ring (bicyclic) bond motifs is 1. The summed E-state index contributed by atoms with van der Waals surface area (Å²) >= 11 is 0. The molecule has 21 heavy (non-hydrogen) atoms. The quantitative estimate of drug-likeness (QED) is 0.770. The number of carbonyl (C=O) groups excluding carboxylic acids is 1.